The third kappa shape index (κ3) is 4.68. The number of benzene rings is 1. The molecule has 1 amide bonds. The third-order valence-electron chi connectivity index (χ3n) is 3.88. The van der Waals surface area contributed by atoms with Crippen LogP contribution < -0.4 is 4.74 Å². The quantitative estimate of drug-likeness (QED) is 0.812. The number of carboxylic acids is 1. The summed E-state index contributed by atoms with van der Waals surface area (Å²) in [6.45, 7) is 2.06. The first-order valence-corrected chi connectivity index (χ1v) is 8.17. The van der Waals surface area contributed by atoms with Crippen LogP contribution in [0.1, 0.15) is 19.8 Å². The molecule has 1 fully saturated rings. The van der Waals surface area contributed by atoms with E-state index in [0.29, 0.717) is 18.7 Å². The highest BCUT2D eigenvalue weighted by molar-refractivity contribution is 9.10. The lowest BCUT2D eigenvalue weighted by molar-refractivity contribution is -0.142. The lowest BCUT2D eigenvalue weighted by Crippen LogP contribution is -2.44. The number of amides is 1. The van der Waals surface area contributed by atoms with Crippen molar-refractivity contribution in [1.82, 2.24) is 4.90 Å². The molecule has 0 spiro atoms. The standard InChI is InChI=1S/C16H20BrNO5/c1-10(23-13-5-3-11(17)4-6-13)16(21)18-9-14(22-2)7-12(18)8-15(19)20/h3-6,10,12,14H,7-9H2,1-2H3,(H,19,20). The van der Waals surface area contributed by atoms with Crippen molar-refractivity contribution >= 4 is 27.8 Å². The Morgan fingerprint density at radius 3 is 2.61 bits per heavy atom. The Bertz CT molecular complexity index is 562. The number of hydrogen-bond donors (Lipinski definition) is 1. The van der Waals surface area contributed by atoms with Crippen molar-refractivity contribution in [2.24, 2.45) is 0 Å². The van der Waals surface area contributed by atoms with Crippen LogP contribution in [0.2, 0.25) is 0 Å². The molecule has 0 radical (unpaired) electrons. The van der Waals surface area contributed by atoms with E-state index < -0.39 is 12.1 Å². The number of nitrogens with zero attached hydrogens (tertiary/aromatic N) is 1. The molecule has 0 aromatic heterocycles. The van der Waals surface area contributed by atoms with Gasteiger partial charge in [-0.25, -0.2) is 0 Å². The first-order valence-electron chi connectivity index (χ1n) is 7.38. The maximum atomic E-state index is 12.6. The van der Waals surface area contributed by atoms with Crippen LogP contribution in [0.15, 0.2) is 28.7 Å². The van der Waals surface area contributed by atoms with Crippen molar-refractivity contribution in [3.63, 3.8) is 0 Å². The Morgan fingerprint density at radius 2 is 2.04 bits per heavy atom. The van der Waals surface area contributed by atoms with Gasteiger partial charge in [-0.2, -0.15) is 0 Å². The summed E-state index contributed by atoms with van der Waals surface area (Å²) >= 11 is 3.34. The molecular weight excluding hydrogens is 366 g/mol. The van der Waals surface area contributed by atoms with E-state index in [4.69, 9.17) is 14.6 Å². The number of methoxy groups -OCH3 is 1. The molecule has 1 heterocycles. The van der Waals surface area contributed by atoms with E-state index in [-0.39, 0.29) is 24.5 Å². The van der Waals surface area contributed by atoms with Gasteiger partial charge in [0.25, 0.3) is 5.91 Å². The lowest BCUT2D eigenvalue weighted by Gasteiger charge is -2.26. The summed E-state index contributed by atoms with van der Waals surface area (Å²) in [7, 11) is 1.57. The SMILES string of the molecule is COC1CC(CC(=O)O)N(C(=O)C(C)Oc2ccc(Br)cc2)C1. The largest absolute Gasteiger partial charge is 0.481 e. The summed E-state index contributed by atoms with van der Waals surface area (Å²) in [5.74, 6) is -0.559. The van der Waals surface area contributed by atoms with E-state index in [1.54, 1.807) is 31.1 Å². The van der Waals surface area contributed by atoms with Gasteiger partial charge < -0.3 is 19.5 Å². The average molecular weight is 386 g/mol. The molecule has 0 bridgehead atoms. The fraction of sp³-hybridized carbons (Fsp3) is 0.500. The van der Waals surface area contributed by atoms with Gasteiger partial charge in [-0.3, -0.25) is 9.59 Å². The molecule has 0 aliphatic carbocycles. The van der Waals surface area contributed by atoms with Crippen molar-refractivity contribution in [3.05, 3.63) is 28.7 Å². The normalized spacial score (nSPS) is 22.0. The Balaban J connectivity index is 2.03. The van der Waals surface area contributed by atoms with E-state index in [1.807, 2.05) is 12.1 Å². The number of carbonyl (C=O) groups excluding carboxylic acids is 1. The molecule has 23 heavy (non-hydrogen) atoms. The van der Waals surface area contributed by atoms with E-state index >= 15 is 0 Å². The molecule has 1 saturated heterocycles. The van der Waals surface area contributed by atoms with Crippen LogP contribution in [0.3, 0.4) is 0 Å². The van der Waals surface area contributed by atoms with Gasteiger partial charge in [-0.15, -0.1) is 0 Å². The molecule has 3 unspecified atom stereocenters. The van der Waals surface area contributed by atoms with Crippen LogP contribution in [0.4, 0.5) is 0 Å². The minimum atomic E-state index is -0.925. The molecule has 1 N–H and O–H groups in total. The van der Waals surface area contributed by atoms with Gasteiger partial charge in [0.05, 0.1) is 12.5 Å². The molecule has 1 aromatic rings. The summed E-state index contributed by atoms with van der Waals surface area (Å²) in [4.78, 5) is 25.2. The zero-order chi connectivity index (χ0) is 17.0. The second-order valence-corrected chi connectivity index (χ2v) is 6.47. The zero-order valence-corrected chi connectivity index (χ0v) is 14.7. The summed E-state index contributed by atoms with van der Waals surface area (Å²) in [6, 6.07) is 6.84. The first kappa shape index (κ1) is 17.7. The molecule has 3 atom stereocenters. The summed E-state index contributed by atoms with van der Waals surface area (Å²) in [5, 5.41) is 9.02. The van der Waals surface area contributed by atoms with Gasteiger partial charge in [-0.1, -0.05) is 15.9 Å². The van der Waals surface area contributed by atoms with Crippen molar-refractivity contribution in [3.8, 4) is 5.75 Å². The van der Waals surface area contributed by atoms with Crippen LogP contribution in [-0.2, 0) is 14.3 Å². The molecule has 6 nitrogen and oxygen atoms in total. The maximum absolute atomic E-state index is 12.6. The van der Waals surface area contributed by atoms with Crippen LogP contribution in [0.5, 0.6) is 5.75 Å². The molecule has 1 aliphatic heterocycles. The predicted molar refractivity (Wildman–Crippen MR) is 87.4 cm³/mol. The fourth-order valence-corrected chi connectivity index (χ4v) is 2.98. The minimum Gasteiger partial charge on any atom is -0.481 e. The van der Waals surface area contributed by atoms with Crippen molar-refractivity contribution in [2.45, 2.75) is 38.0 Å². The molecule has 126 valence electrons. The Morgan fingerprint density at radius 1 is 1.39 bits per heavy atom. The molecular formula is C16H20BrNO5. The molecule has 0 saturated carbocycles. The Kier molecular flexibility index (Phi) is 6.01. The van der Waals surface area contributed by atoms with E-state index in [0.717, 1.165) is 4.47 Å². The monoisotopic (exact) mass is 385 g/mol. The number of ether oxygens (including phenoxy) is 2. The number of carbonyl (C=O) groups is 2. The highest BCUT2D eigenvalue weighted by Gasteiger charge is 2.38. The van der Waals surface area contributed by atoms with Crippen molar-refractivity contribution < 1.29 is 24.2 Å². The predicted octanol–water partition coefficient (Wildman–Crippen LogP) is 2.31. The Hall–Kier alpha value is -1.60. The third-order valence-corrected chi connectivity index (χ3v) is 4.41. The van der Waals surface area contributed by atoms with Gasteiger partial charge in [0.15, 0.2) is 6.10 Å². The van der Waals surface area contributed by atoms with Crippen molar-refractivity contribution in [2.75, 3.05) is 13.7 Å². The van der Waals surface area contributed by atoms with Crippen molar-refractivity contribution in [1.29, 1.82) is 0 Å². The number of likely N-dealkylation sites (tertiary alicyclic amines) is 1. The van der Waals surface area contributed by atoms with E-state index in [2.05, 4.69) is 15.9 Å². The summed E-state index contributed by atoms with van der Waals surface area (Å²) in [5.41, 5.74) is 0. The second kappa shape index (κ2) is 7.79. The number of rotatable bonds is 6. The number of hydrogen-bond acceptors (Lipinski definition) is 4. The number of carboxylic acid groups (broad SMARTS) is 1. The Labute approximate surface area is 143 Å². The van der Waals surface area contributed by atoms with Crippen LogP contribution in [0.25, 0.3) is 0 Å². The maximum Gasteiger partial charge on any atom is 0.305 e. The number of aliphatic carboxylic acids is 1. The van der Waals surface area contributed by atoms with Gasteiger partial charge in [0, 0.05) is 24.2 Å². The molecule has 1 aromatic carbocycles. The van der Waals surface area contributed by atoms with Gasteiger partial charge in [0.2, 0.25) is 0 Å². The van der Waals surface area contributed by atoms with Gasteiger partial charge in [-0.05, 0) is 37.6 Å². The van der Waals surface area contributed by atoms with E-state index in [1.165, 1.54) is 0 Å². The van der Waals surface area contributed by atoms with Crippen LogP contribution in [-0.4, -0.2) is 53.8 Å². The summed E-state index contributed by atoms with van der Waals surface area (Å²) in [6.07, 6.45) is -0.387. The van der Waals surface area contributed by atoms with Crippen LogP contribution >= 0.6 is 15.9 Å². The van der Waals surface area contributed by atoms with Gasteiger partial charge >= 0.3 is 5.97 Å². The smallest absolute Gasteiger partial charge is 0.305 e. The fourth-order valence-electron chi connectivity index (χ4n) is 2.71. The van der Waals surface area contributed by atoms with E-state index in [9.17, 15) is 9.59 Å². The molecule has 1 aliphatic rings. The minimum absolute atomic E-state index is 0.0867. The second-order valence-electron chi connectivity index (χ2n) is 5.55. The first-order chi connectivity index (χ1) is 10.9. The average Bonchev–Trinajstić information content (AvgIpc) is 2.91. The number of halogens is 1. The lowest BCUT2D eigenvalue weighted by atomic mass is 10.1. The van der Waals surface area contributed by atoms with Crippen LogP contribution in [0, 0.1) is 0 Å². The molecule has 2 rings (SSSR count). The van der Waals surface area contributed by atoms with Gasteiger partial charge in [0.1, 0.15) is 5.75 Å². The highest BCUT2D eigenvalue weighted by Crippen LogP contribution is 2.25. The summed E-state index contributed by atoms with van der Waals surface area (Å²) < 4.78 is 11.9. The zero-order valence-electron chi connectivity index (χ0n) is 13.1. The topological polar surface area (TPSA) is 76.1 Å². The highest BCUT2D eigenvalue weighted by atomic mass is 79.9. The molecule has 7 heteroatoms.